The third-order valence-electron chi connectivity index (χ3n) is 1.51. The van der Waals surface area contributed by atoms with Gasteiger partial charge in [-0.25, -0.2) is 0 Å². The summed E-state index contributed by atoms with van der Waals surface area (Å²) in [5.41, 5.74) is 2.73. The summed E-state index contributed by atoms with van der Waals surface area (Å²) in [6.07, 6.45) is 4.63. The molecule has 0 aromatic heterocycles. The Morgan fingerprint density at radius 1 is 1.78 bits per heavy atom. The van der Waals surface area contributed by atoms with Crippen molar-refractivity contribution in [2.75, 3.05) is 0 Å². The zero-order chi connectivity index (χ0) is 6.69. The van der Waals surface area contributed by atoms with Gasteiger partial charge in [0.05, 0.1) is 6.20 Å². The summed E-state index contributed by atoms with van der Waals surface area (Å²) >= 11 is 0. The van der Waals surface area contributed by atoms with Crippen molar-refractivity contribution >= 4 is 0 Å². The minimum atomic E-state index is 0.503. The number of hydrogen-bond acceptors (Lipinski definition) is 3. The van der Waals surface area contributed by atoms with Gasteiger partial charge in [-0.1, -0.05) is 12.5 Å². The maximum Gasteiger partial charge on any atom is 0.131 e. The highest BCUT2D eigenvalue weighted by molar-refractivity contribution is 4.79. The van der Waals surface area contributed by atoms with Crippen molar-refractivity contribution in [2.45, 2.75) is 26.3 Å². The van der Waals surface area contributed by atoms with E-state index in [9.17, 15) is 0 Å². The van der Waals surface area contributed by atoms with E-state index in [1.54, 1.807) is 6.26 Å². The minimum Gasteiger partial charge on any atom is -0.395 e. The highest BCUT2D eigenvalue weighted by Gasteiger charge is 2.09. The fourth-order valence-corrected chi connectivity index (χ4v) is 0.651. The highest BCUT2D eigenvalue weighted by Crippen LogP contribution is 2.03. The molecule has 0 radical (unpaired) electrons. The molecule has 0 fully saturated rings. The van der Waals surface area contributed by atoms with Crippen LogP contribution in [0.1, 0.15) is 20.3 Å². The molecule has 0 amide bonds. The molecule has 0 aromatic rings. The van der Waals surface area contributed by atoms with Gasteiger partial charge in [-0.15, -0.1) is 0 Å². The average molecular weight is 128 g/mol. The molecule has 1 rings (SSSR count). The summed E-state index contributed by atoms with van der Waals surface area (Å²) in [7, 11) is 0. The first-order chi connectivity index (χ1) is 4.34. The van der Waals surface area contributed by atoms with Crippen LogP contribution >= 0.6 is 0 Å². The molecule has 3 nitrogen and oxygen atoms in total. The molecule has 1 atom stereocenters. The zero-order valence-electron chi connectivity index (χ0n) is 5.79. The summed E-state index contributed by atoms with van der Waals surface area (Å²) in [6.45, 7) is 4.27. The lowest BCUT2D eigenvalue weighted by molar-refractivity contribution is 0.0137. The normalized spacial score (nSPS) is 20.0. The van der Waals surface area contributed by atoms with Crippen LogP contribution in [0.25, 0.3) is 0 Å². The lowest BCUT2D eigenvalue weighted by Crippen LogP contribution is -2.35. The fraction of sp³-hybridized carbons (Fsp3) is 0.667. The van der Waals surface area contributed by atoms with E-state index in [0.29, 0.717) is 6.04 Å². The maximum atomic E-state index is 4.78. The maximum absolute atomic E-state index is 4.78. The predicted octanol–water partition coefficient (Wildman–Crippen LogP) is 1.01. The molecule has 0 aliphatic carbocycles. The standard InChI is InChI=1S/C6H12N2O/c1-3-6(2)8-4-5-9-7-8/h4-7H,3H2,1-2H3. The van der Waals surface area contributed by atoms with Gasteiger partial charge in [0.2, 0.25) is 0 Å². The monoisotopic (exact) mass is 128 g/mol. The molecule has 52 valence electrons. The van der Waals surface area contributed by atoms with Gasteiger partial charge in [0.1, 0.15) is 6.26 Å². The lowest BCUT2D eigenvalue weighted by Gasteiger charge is -2.20. The molecule has 0 spiro atoms. The molecule has 1 heterocycles. The molecular weight excluding hydrogens is 116 g/mol. The summed E-state index contributed by atoms with van der Waals surface area (Å²) in [6, 6.07) is 0.503. The van der Waals surface area contributed by atoms with Gasteiger partial charge in [-0.3, -0.25) is 5.01 Å². The number of rotatable bonds is 2. The largest absolute Gasteiger partial charge is 0.395 e. The van der Waals surface area contributed by atoms with E-state index in [0.717, 1.165) is 6.42 Å². The van der Waals surface area contributed by atoms with Crippen molar-refractivity contribution in [1.29, 1.82) is 0 Å². The second-order valence-electron chi connectivity index (χ2n) is 2.16. The van der Waals surface area contributed by atoms with E-state index < -0.39 is 0 Å². The SMILES string of the molecule is CCC(C)N1C=CON1. The Kier molecular flexibility index (Phi) is 1.95. The molecule has 1 aliphatic rings. The van der Waals surface area contributed by atoms with Crippen molar-refractivity contribution in [3.8, 4) is 0 Å². The van der Waals surface area contributed by atoms with E-state index >= 15 is 0 Å². The van der Waals surface area contributed by atoms with Crippen LogP contribution in [0.2, 0.25) is 0 Å². The molecule has 1 N–H and O–H groups in total. The summed E-state index contributed by atoms with van der Waals surface area (Å²) in [5.74, 6) is 0. The van der Waals surface area contributed by atoms with Crippen LogP contribution < -0.4 is 5.59 Å². The first kappa shape index (κ1) is 6.42. The van der Waals surface area contributed by atoms with Gasteiger partial charge in [0, 0.05) is 6.04 Å². The number of nitrogens with zero attached hydrogens (tertiary/aromatic N) is 1. The molecule has 0 bridgehead atoms. The van der Waals surface area contributed by atoms with Gasteiger partial charge < -0.3 is 4.84 Å². The van der Waals surface area contributed by atoms with Gasteiger partial charge in [0.25, 0.3) is 0 Å². The van der Waals surface area contributed by atoms with E-state index in [1.165, 1.54) is 0 Å². The molecule has 9 heavy (non-hydrogen) atoms. The first-order valence-electron chi connectivity index (χ1n) is 3.21. The van der Waals surface area contributed by atoms with Gasteiger partial charge in [0.15, 0.2) is 0 Å². The van der Waals surface area contributed by atoms with Crippen molar-refractivity contribution in [1.82, 2.24) is 10.6 Å². The molecule has 1 aliphatic heterocycles. The Morgan fingerprint density at radius 2 is 2.56 bits per heavy atom. The summed E-state index contributed by atoms with van der Waals surface area (Å²) in [5, 5.41) is 1.93. The first-order valence-corrected chi connectivity index (χ1v) is 3.21. The average Bonchev–Trinajstić information content (AvgIpc) is 2.37. The third-order valence-corrected chi connectivity index (χ3v) is 1.51. The second-order valence-corrected chi connectivity index (χ2v) is 2.16. The molecule has 0 aromatic carbocycles. The van der Waals surface area contributed by atoms with E-state index in [4.69, 9.17) is 4.84 Å². The quantitative estimate of drug-likeness (QED) is 0.600. The Bertz CT molecular complexity index is 114. The van der Waals surface area contributed by atoms with Crippen LogP contribution in [0.15, 0.2) is 12.5 Å². The van der Waals surface area contributed by atoms with Crippen LogP contribution in [0, 0.1) is 0 Å². The Morgan fingerprint density at radius 3 is 3.00 bits per heavy atom. The van der Waals surface area contributed by atoms with Crippen LogP contribution in [0.4, 0.5) is 0 Å². The highest BCUT2D eigenvalue weighted by atomic mass is 16.7. The topological polar surface area (TPSA) is 24.5 Å². The summed E-state index contributed by atoms with van der Waals surface area (Å²) in [4.78, 5) is 4.78. The van der Waals surface area contributed by atoms with Crippen molar-refractivity contribution in [3.63, 3.8) is 0 Å². The van der Waals surface area contributed by atoms with Crippen LogP contribution in [0.5, 0.6) is 0 Å². The third kappa shape index (κ3) is 1.36. The van der Waals surface area contributed by atoms with E-state index in [2.05, 4.69) is 19.4 Å². The molecule has 1 unspecified atom stereocenters. The summed E-state index contributed by atoms with van der Waals surface area (Å²) < 4.78 is 0. The minimum absolute atomic E-state index is 0.503. The molecule has 3 heteroatoms. The number of hydrogen-bond donors (Lipinski definition) is 1. The van der Waals surface area contributed by atoms with Crippen LogP contribution in [-0.2, 0) is 4.84 Å². The van der Waals surface area contributed by atoms with Crippen LogP contribution in [0.3, 0.4) is 0 Å². The smallest absolute Gasteiger partial charge is 0.131 e. The second kappa shape index (κ2) is 2.73. The van der Waals surface area contributed by atoms with Gasteiger partial charge >= 0.3 is 0 Å². The van der Waals surface area contributed by atoms with E-state index in [-0.39, 0.29) is 0 Å². The predicted molar refractivity (Wildman–Crippen MR) is 35.0 cm³/mol. The van der Waals surface area contributed by atoms with Crippen LogP contribution in [-0.4, -0.2) is 11.1 Å². The zero-order valence-corrected chi connectivity index (χ0v) is 5.79. The Balaban J connectivity index is 2.33. The van der Waals surface area contributed by atoms with E-state index in [1.807, 2.05) is 11.2 Å². The molecule has 0 saturated heterocycles. The Labute approximate surface area is 55.2 Å². The molecule has 0 saturated carbocycles. The van der Waals surface area contributed by atoms with Gasteiger partial charge in [-0.05, 0) is 13.3 Å². The fourth-order valence-electron chi connectivity index (χ4n) is 0.651. The number of nitrogens with one attached hydrogen (secondary N) is 1. The lowest BCUT2D eigenvalue weighted by atomic mass is 10.3. The van der Waals surface area contributed by atoms with Crippen molar-refractivity contribution < 1.29 is 4.84 Å². The van der Waals surface area contributed by atoms with Crippen molar-refractivity contribution in [3.05, 3.63) is 12.5 Å². The Hall–Kier alpha value is -0.700. The number of hydrazine groups is 1. The van der Waals surface area contributed by atoms with Crippen molar-refractivity contribution in [2.24, 2.45) is 0 Å². The van der Waals surface area contributed by atoms with Gasteiger partial charge in [-0.2, -0.15) is 0 Å². The molecular formula is C6H12N2O.